The summed E-state index contributed by atoms with van der Waals surface area (Å²) in [5, 5.41) is 0. The maximum atomic E-state index is 12.3. The molecule has 0 saturated heterocycles. The number of hydrogen-bond donors (Lipinski definition) is 0. The highest BCUT2D eigenvalue weighted by Crippen LogP contribution is 2.27. The van der Waals surface area contributed by atoms with Gasteiger partial charge in [0, 0.05) is 12.5 Å². The van der Waals surface area contributed by atoms with Gasteiger partial charge in [-0.05, 0) is 13.3 Å². The molecule has 88 valence electrons. The van der Waals surface area contributed by atoms with Crippen molar-refractivity contribution < 1.29 is 27.1 Å². The molecule has 0 radical (unpaired) electrons. The minimum atomic E-state index is -4.00. The number of carbonyl (C=O) groups is 1. The summed E-state index contributed by atoms with van der Waals surface area (Å²) in [6.45, 7) is 1.77. The topological polar surface area (TPSA) is 26.3 Å². The van der Waals surface area contributed by atoms with Gasteiger partial charge in [0.1, 0.15) is 0 Å². The van der Waals surface area contributed by atoms with E-state index >= 15 is 0 Å². The Morgan fingerprint density at radius 1 is 1.47 bits per heavy atom. The highest BCUT2D eigenvalue weighted by atomic mass is 19.3. The van der Waals surface area contributed by atoms with Gasteiger partial charge in [-0.1, -0.05) is 6.08 Å². The molecule has 0 aliphatic carbocycles. The Balaban J connectivity index is 3.83. The highest BCUT2D eigenvalue weighted by molar-refractivity contribution is 5.81. The molecule has 0 rings (SSSR count). The molecular weight excluding hydrogens is 216 g/mol. The Morgan fingerprint density at radius 2 is 2.07 bits per heavy atom. The molecule has 0 atom stereocenters. The Bertz CT molecular complexity index is 226. The number of rotatable bonds is 6. The lowest BCUT2D eigenvalue weighted by atomic mass is 10.2. The molecule has 0 spiro atoms. The van der Waals surface area contributed by atoms with Crippen LogP contribution in [0.1, 0.15) is 19.8 Å². The summed E-state index contributed by atoms with van der Waals surface area (Å²) in [6.07, 6.45) is -2.91. The summed E-state index contributed by atoms with van der Waals surface area (Å²) in [4.78, 5) is 10.7. The highest BCUT2D eigenvalue weighted by Gasteiger charge is 2.39. The fourth-order valence-corrected chi connectivity index (χ4v) is 0.755. The average Bonchev–Trinajstić information content (AvgIpc) is 2.13. The molecule has 0 amide bonds. The van der Waals surface area contributed by atoms with Gasteiger partial charge in [0.25, 0.3) is 0 Å². The van der Waals surface area contributed by atoms with Crippen LogP contribution in [0.15, 0.2) is 12.2 Å². The van der Waals surface area contributed by atoms with E-state index in [2.05, 4.69) is 4.74 Å². The van der Waals surface area contributed by atoms with E-state index in [1.165, 1.54) is 0 Å². The van der Waals surface area contributed by atoms with Gasteiger partial charge in [-0.2, -0.15) is 0 Å². The van der Waals surface area contributed by atoms with Crippen molar-refractivity contribution in [3.63, 3.8) is 0 Å². The molecule has 0 fully saturated rings. The second-order valence-electron chi connectivity index (χ2n) is 2.75. The van der Waals surface area contributed by atoms with E-state index in [0.29, 0.717) is 0 Å². The molecule has 0 N–H and O–H groups in total. The molecule has 0 aliphatic rings. The first-order valence-corrected chi connectivity index (χ1v) is 4.39. The summed E-state index contributed by atoms with van der Waals surface area (Å²) in [6, 6.07) is 0. The van der Waals surface area contributed by atoms with E-state index in [-0.39, 0.29) is 13.0 Å². The first kappa shape index (κ1) is 13.9. The number of esters is 1. The number of ether oxygens (including phenoxy) is 1. The maximum absolute atomic E-state index is 12.3. The molecule has 2 nitrogen and oxygen atoms in total. The normalized spacial score (nSPS) is 12.4. The number of hydrogen-bond acceptors (Lipinski definition) is 2. The van der Waals surface area contributed by atoms with Crippen molar-refractivity contribution in [1.82, 2.24) is 0 Å². The molecule has 0 aromatic rings. The predicted molar refractivity (Wildman–Crippen MR) is 46.0 cm³/mol. The third kappa shape index (κ3) is 6.09. The van der Waals surface area contributed by atoms with Gasteiger partial charge >= 0.3 is 18.3 Å². The second kappa shape index (κ2) is 6.42. The summed E-state index contributed by atoms with van der Waals surface area (Å²) in [5.74, 6) is -4.67. The number of halogens is 4. The Labute approximate surface area is 84.9 Å². The summed E-state index contributed by atoms with van der Waals surface area (Å²) >= 11 is 0. The van der Waals surface area contributed by atoms with Crippen LogP contribution in [0.5, 0.6) is 0 Å². The van der Waals surface area contributed by atoms with Gasteiger partial charge in [-0.15, -0.1) is 0 Å². The van der Waals surface area contributed by atoms with Crippen LogP contribution in [0.3, 0.4) is 0 Å². The number of allylic oxidation sites excluding steroid dienone is 1. The smallest absolute Gasteiger partial charge is 0.330 e. The summed E-state index contributed by atoms with van der Waals surface area (Å²) in [5.41, 5.74) is 0. The van der Waals surface area contributed by atoms with E-state index in [0.717, 1.165) is 12.2 Å². The minimum absolute atomic E-state index is 0.177. The molecular formula is C9H12F4O2. The number of alkyl halides is 4. The van der Waals surface area contributed by atoms with Crippen molar-refractivity contribution in [2.45, 2.75) is 32.1 Å². The quantitative estimate of drug-likeness (QED) is 0.397. The van der Waals surface area contributed by atoms with Crippen LogP contribution in [0.2, 0.25) is 0 Å². The van der Waals surface area contributed by atoms with Gasteiger partial charge in [0.2, 0.25) is 0 Å². The lowest BCUT2D eigenvalue weighted by Crippen LogP contribution is -2.25. The first-order valence-electron chi connectivity index (χ1n) is 4.39. The number of carbonyl (C=O) groups excluding carboxylic acids is 1. The summed E-state index contributed by atoms with van der Waals surface area (Å²) in [7, 11) is 0. The lowest BCUT2D eigenvalue weighted by Gasteiger charge is -2.13. The first-order chi connectivity index (χ1) is 6.90. The van der Waals surface area contributed by atoms with Crippen molar-refractivity contribution in [1.29, 1.82) is 0 Å². The fourth-order valence-electron chi connectivity index (χ4n) is 0.755. The van der Waals surface area contributed by atoms with Crippen LogP contribution in [0.4, 0.5) is 17.6 Å². The Hall–Kier alpha value is -1.07. The molecule has 0 aliphatic heterocycles. The van der Waals surface area contributed by atoms with Gasteiger partial charge in [0.15, 0.2) is 0 Å². The molecule has 0 saturated carbocycles. The zero-order valence-corrected chi connectivity index (χ0v) is 8.18. The second-order valence-corrected chi connectivity index (χ2v) is 2.75. The molecule has 6 heteroatoms. The summed E-state index contributed by atoms with van der Waals surface area (Å²) < 4.78 is 52.4. The van der Waals surface area contributed by atoms with E-state index in [1.807, 2.05) is 0 Å². The van der Waals surface area contributed by atoms with Gasteiger partial charge in [0.05, 0.1) is 6.61 Å². The third-order valence-corrected chi connectivity index (χ3v) is 1.50. The fraction of sp³-hybridized carbons (Fsp3) is 0.667. The zero-order chi connectivity index (χ0) is 11.9. The van der Waals surface area contributed by atoms with E-state index in [9.17, 15) is 22.4 Å². The molecule has 0 bridgehead atoms. The predicted octanol–water partition coefficient (Wildman–Crippen LogP) is 2.79. The average molecular weight is 228 g/mol. The SMILES string of the molecule is CCOC(=O)C=CCCC(F)(F)C(F)F. The van der Waals surface area contributed by atoms with Crippen LogP contribution < -0.4 is 0 Å². The molecule has 15 heavy (non-hydrogen) atoms. The van der Waals surface area contributed by atoms with E-state index < -0.39 is 24.7 Å². The van der Waals surface area contributed by atoms with E-state index in [1.54, 1.807) is 6.92 Å². The third-order valence-electron chi connectivity index (χ3n) is 1.50. The Morgan fingerprint density at radius 3 is 2.53 bits per heavy atom. The van der Waals surface area contributed by atoms with Crippen molar-refractivity contribution in [2.24, 2.45) is 0 Å². The standard InChI is InChI=1S/C9H12F4O2/c1-2-15-7(14)5-3-4-6-9(12,13)8(10)11/h3,5,8H,2,4,6H2,1H3. The van der Waals surface area contributed by atoms with Crippen LogP contribution in [-0.2, 0) is 9.53 Å². The molecule has 0 aromatic heterocycles. The van der Waals surface area contributed by atoms with Crippen LogP contribution in [0, 0.1) is 0 Å². The van der Waals surface area contributed by atoms with Crippen LogP contribution >= 0.6 is 0 Å². The largest absolute Gasteiger partial charge is 0.463 e. The van der Waals surface area contributed by atoms with Crippen molar-refractivity contribution in [2.75, 3.05) is 6.61 Å². The van der Waals surface area contributed by atoms with Crippen molar-refractivity contribution in [3.05, 3.63) is 12.2 Å². The monoisotopic (exact) mass is 228 g/mol. The van der Waals surface area contributed by atoms with Crippen LogP contribution in [0.25, 0.3) is 0 Å². The lowest BCUT2D eigenvalue weighted by molar-refractivity contribution is -0.137. The van der Waals surface area contributed by atoms with E-state index in [4.69, 9.17) is 0 Å². The Kier molecular flexibility index (Phi) is 5.96. The van der Waals surface area contributed by atoms with Gasteiger partial charge in [-0.3, -0.25) is 0 Å². The minimum Gasteiger partial charge on any atom is -0.463 e. The molecule has 0 aromatic carbocycles. The maximum Gasteiger partial charge on any atom is 0.330 e. The van der Waals surface area contributed by atoms with Crippen molar-refractivity contribution >= 4 is 5.97 Å². The zero-order valence-electron chi connectivity index (χ0n) is 8.18. The van der Waals surface area contributed by atoms with Crippen molar-refractivity contribution in [3.8, 4) is 0 Å². The van der Waals surface area contributed by atoms with Gasteiger partial charge < -0.3 is 4.74 Å². The molecule has 0 unspecified atom stereocenters. The van der Waals surface area contributed by atoms with Gasteiger partial charge in [-0.25, -0.2) is 22.4 Å². The van der Waals surface area contributed by atoms with Crippen LogP contribution in [-0.4, -0.2) is 24.9 Å². The molecule has 0 heterocycles.